The summed E-state index contributed by atoms with van der Waals surface area (Å²) in [5.74, 6) is 0.630. The lowest BCUT2D eigenvalue weighted by Gasteiger charge is -2.30. The van der Waals surface area contributed by atoms with Crippen LogP contribution in [0.1, 0.15) is 41.6 Å². The van der Waals surface area contributed by atoms with Gasteiger partial charge >= 0.3 is 0 Å². The Morgan fingerprint density at radius 1 is 1.03 bits per heavy atom. The summed E-state index contributed by atoms with van der Waals surface area (Å²) in [7, 11) is 0. The smallest absolute Gasteiger partial charge is 0.259 e. The number of hydrogen-bond acceptors (Lipinski definition) is 6. The van der Waals surface area contributed by atoms with Crippen LogP contribution in [0, 0.1) is 6.92 Å². The number of nitrogens with two attached hydrogens (primary N) is 2. The highest BCUT2D eigenvalue weighted by Gasteiger charge is 2.26. The van der Waals surface area contributed by atoms with Gasteiger partial charge in [0.1, 0.15) is 5.82 Å². The van der Waals surface area contributed by atoms with E-state index in [0.29, 0.717) is 11.4 Å². The van der Waals surface area contributed by atoms with E-state index in [4.69, 9.17) is 16.5 Å². The Morgan fingerprint density at radius 2 is 1.86 bits per heavy atom. The summed E-state index contributed by atoms with van der Waals surface area (Å²) in [6.45, 7) is 2.02. The number of amides is 1. The summed E-state index contributed by atoms with van der Waals surface area (Å²) < 4.78 is 0. The third-order valence-corrected chi connectivity index (χ3v) is 6.30. The summed E-state index contributed by atoms with van der Waals surface area (Å²) in [6.07, 6.45) is 5.53. The van der Waals surface area contributed by atoms with E-state index in [1.807, 2.05) is 55.5 Å². The SMILES string of the molecule is Cc1ccc2nc(NC(=O)c3cnc4ccccc4c3)nc(N[C@H]3CCCC[C@H]3N=C(N)N)c2c1. The molecule has 1 aliphatic rings. The van der Waals surface area contributed by atoms with E-state index in [9.17, 15) is 4.79 Å². The zero-order chi connectivity index (χ0) is 24.4. The average Bonchev–Trinajstić information content (AvgIpc) is 2.85. The number of pyridine rings is 1. The number of aromatic nitrogens is 3. The molecular weight excluding hydrogens is 440 g/mol. The Hall–Kier alpha value is -4.27. The molecule has 35 heavy (non-hydrogen) atoms. The zero-order valence-corrected chi connectivity index (χ0v) is 19.5. The quantitative estimate of drug-likeness (QED) is 0.258. The van der Waals surface area contributed by atoms with E-state index in [0.717, 1.165) is 53.1 Å². The van der Waals surface area contributed by atoms with Gasteiger partial charge in [0.2, 0.25) is 5.95 Å². The van der Waals surface area contributed by atoms with Crippen molar-refractivity contribution in [2.45, 2.75) is 44.7 Å². The number of aryl methyl sites for hydroxylation is 1. The number of nitrogens with zero attached hydrogens (tertiary/aromatic N) is 4. The molecule has 0 spiro atoms. The molecule has 4 aromatic rings. The fraction of sp³-hybridized carbons (Fsp3) is 0.269. The number of hydrogen-bond donors (Lipinski definition) is 4. The molecule has 9 heteroatoms. The first-order valence-electron chi connectivity index (χ1n) is 11.8. The second kappa shape index (κ2) is 9.54. The number of rotatable bonds is 5. The average molecular weight is 469 g/mol. The van der Waals surface area contributed by atoms with Crippen LogP contribution in [0.5, 0.6) is 0 Å². The third kappa shape index (κ3) is 4.98. The van der Waals surface area contributed by atoms with Crippen molar-refractivity contribution in [3.05, 3.63) is 65.9 Å². The molecule has 2 atom stereocenters. The highest BCUT2D eigenvalue weighted by atomic mass is 16.1. The van der Waals surface area contributed by atoms with Crippen molar-refractivity contribution < 1.29 is 4.79 Å². The van der Waals surface area contributed by atoms with Crippen molar-refractivity contribution in [1.29, 1.82) is 0 Å². The van der Waals surface area contributed by atoms with Gasteiger partial charge < -0.3 is 16.8 Å². The maximum absolute atomic E-state index is 13.0. The van der Waals surface area contributed by atoms with Crippen LogP contribution in [0.15, 0.2) is 59.7 Å². The Morgan fingerprint density at radius 3 is 2.71 bits per heavy atom. The predicted molar refractivity (Wildman–Crippen MR) is 139 cm³/mol. The maximum Gasteiger partial charge on any atom is 0.259 e. The van der Waals surface area contributed by atoms with Gasteiger partial charge in [-0.05, 0) is 44.0 Å². The van der Waals surface area contributed by atoms with Gasteiger partial charge in [0.25, 0.3) is 5.91 Å². The van der Waals surface area contributed by atoms with Gasteiger partial charge in [-0.25, -0.2) is 9.98 Å². The summed E-state index contributed by atoms with van der Waals surface area (Å²) in [4.78, 5) is 31.1. The summed E-state index contributed by atoms with van der Waals surface area (Å²) in [6, 6.07) is 15.4. The van der Waals surface area contributed by atoms with E-state index < -0.39 is 0 Å². The number of para-hydroxylation sites is 1. The van der Waals surface area contributed by atoms with Gasteiger partial charge in [0.15, 0.2) is 5.96 Å². The van der Waals surface area contributed by atoms with Gasteiger partial charge in [-0.2, -0.15) is 4.98 Å². The van der Waals surface area contributed by atoms with Crippen LogP contribution in [0.4, 0.5) is 11.8 Å². The van der Waals surface area contributed by atoms with Crippen molar-refractivity contribution in [2.75, 3.05) is 10.6 Å². The molecule has 1 amide bonds. The Bertz CT molecular complexity index is 1430. The fourth-order valence-electron chi connectivity index (χ4n) is 4.58. The second-order valence-corrected chi connectivity index (χ2v) is 8.94. The minimum absolute atomic E-state index is 0.0256. The highest BCUT2D eigenvalue weighted by Crippen LogP contribution is 2.29. The highest BCUT2D eigenvalue weighted by molar-refractivity contribution is 6.05. The van der Waals surface area contributed by atoms with Gasteiger partial charge in [0.05, 0.1) is 28.7 Å². The molecule has 2 heterocycles. The van der Waals surface area contributed by atoms with Crippen molar-refractivity contribution in [2.24, 2.45) is 16.5 Å². The van der Waals surface area contributed by atoms with Crippen molar-refractivity contribution in [1.82, 2.24) is 15.0 Å². The molecule has 2 aromatic carbocycles. The van der Waals surface area contributed by atoms with Gasteiger partial charge in [0, 0.05) is 17.0 Å². The summed E-state index contributed by atoms with van der Waals surface area (Å²) >= 11 is 0. The van der Waals surface area contributed by atoms with Crippen LogP contribution in [-0.2, 0) is 0 Å². The first kappa shape index (κ1) is 22.5. The normalized spacial score (nSPS) is 17.7. The van der Waals surface area contributed by atoms with E-state index >= 15 is 0 Å². The van der Waals surface area contributed by atoms with Gasteiger partial charge in [-0.1, -0.05) is 42.7 Å². The Balaban J connectivity index is 1.47. The zero-order valence-electron chi connectivity index (χ0n) is 19.5. The van der Waals surface area contributed by atoms with Gasteiger partial charge in [-0.3, -0.25) is 15.1 Å². The van der Waals surface area contributed by atoms with Crippen molar-refractivity contribution in [3.8, 4) is 0 Å². The summed E-state index contributed by atoms with van der Waals surface area (Å²) in [5, 5.41) is 8.16. The summed E-state index contributed by atoms with van der Waals surface area (Å²) in [5.41, 5.74) is 14.4. The monoisotopic (exact) mass is 468 g/mol. The van der Waals surface area contributed by atoms with E-state index in [1.54, 1.807) is 6.20 Å². The molecule has 6 N–H and O–H groups in total. The van der Waals surface area contributed by atoms with Crippen molar-refractivity contribution >= 4 is 45.4 Å². The maximum atomic E-state index is 13.0. The molecule has 0 aliphatic heterocycles. The molecule has 2 aromatic heterocycles. The Labute approximate surface area is 203 Å². The number of anilines is 2. The number of nitrogens with one attached hydrogen (secondary N) is 2. The van der Waals surface area contributed by atoms with Crippen LogP contribution in [0.3, 0.4) is 0 Å². The molecule has 9 nitrogen and oxygen atoms in total. The fourth-order valence-corrected chi connectivity index (χ4v) is 4.58. The predicted octanol–water partition coefficient (Wildman–Crippen LogP) is 3.74. The van der Waals surface area contributed by atoms with Crippen LogP contribution in [0.2, 0.25) is 0 Å². The molecular formula is C26H28N8O. The molecule has 0 saturated heterocycles. The third-order valence-electron chi connectivity index (χ3n) is 6.30. The van der Waals surface area contributed by atoms with Crippen molar-refractivity contribution in [3.63, 3.8) is 0 Å². The molecule has 178 valence electrons. The topological polar surface area (TPSA) is 144 Å². The minimum atomic E-state index is -0.322. The standard InChI is InChI=1S/C26H28N8O/c1-15-10-11-20-18(12-15)23(30-21-8-4-5-9-22(21)31-25(27)28)33-26(32-20)34-24(35)17-13-16-6-2-3-7-19(16)29-14-17/h2-3,6-7,10-14,21-22H,4-5,8-9H2,1H3,(H4,27,28,31)(H2,30,32,33,34,35)/t21-,22+/m0/s1. The first-order chi connectivity index (χ1) is 17.0. The number of carbonyl (C=O) groups is 1. The molecule has 0 bridgehead atoms. The number of benzene rings is 2. The Kier molecular flexibility index (Phi) is 6.13. The lowest BCUT2D eigenvalue weighted by Crippen LogP contribution is -2.38. The molecule has 1 fully saturated rings. The van der Waals surface area contributed by atoms with Gasteiger partial charge in [-0.15, -0.1) is 0 Å². The van der Waals surface area contributed by atoms with E-state index in [2.05, 4.69) is 25.6 Å². The van der Waals surface area contributed by atoms with E-state index in [-0.39, 0.29) is 29.9 Å². The molecule has 0 unspecified atom stereocenters. The largest absolute Gasteiger partial charge is 0.370 e. The molecule has 1 saturated carbocycles. The number of fused-ring (bicyclic) bond motifs is 2. The molecule has 5 rings (SSSR count). The number of aliphatic imine (C=N–C) groups is 1. The number of carbonyl (C=O) groups excluding carboxylic acids is 1. The van der Waals surface area contributed by atoms with Crippen LogP contribution < -0.4 is 22.1 Å². The lowest BCUT2D eigenvalue weighted by atomic mass is 9.90. The van der Waals surface area contributed by atoms with Crippen LogP contribution >= 0.6 is 0 Å². The first-order valence-corrected chi connectivity index (χ1v) is 11.8. The lowest BCUT2D eigenvalue weighted by molar-refractivity contribution is 0.102. The van der Waals surface area contributed by atoms with E-state index in [1.165, 1.54) is 0 Å². The molecule has 1 aliphatic carbocycles. The second-order valence-electron chi connectivity index (χ2n) is 8.94. The van der Waals surface area contributed by atoms with Crippen LogP contribution in [-0.4, -0.2) is 38.9 Å². The minimum Gasteiger partial charge on any atom is -0.370 e. The molecule has 0 radical (unpaired) electrons. The van der Waals surface area contributed by atoms with Crippen LogP contribution in [0.25, 0.3) is 21.8 Å². The number of guanidine groups is 1.